The maximum atomic E-state index is 13.0. The molecule has 0 bridgehead atoms. The number of nitrogens with zero attached hydrogens (tertiary/aromatic N) is 3. The molecule has 6 heteroatoms. The Morgan fingerprint density at radius 3 is 2.62 bits per heavy atom. The number of hydrogen-bond acceptors (Lipinski definition) is 2. The number of imidazole rings is 1. The number of carbonyl (C=O) groups is 1. The molecule has 0 radical (unpaired) electrons. The highest BCUT2D eigenvalue weighted by molar-refractivity contribution is 6.33. The Labute approximate surface area is 163 Å². The third-order valence-electron chi connectivity index (χ3n) is 4.32. The minimum absolute atomic E-state index is 0.0785. The fourth-order valence-electron chi connectivity index (χ4n) is 3.12. The van der Waals surface area contributed by atoms with Crippen molar-refractivity contribution in [3.8, 4) is 0 Å². The number of carbonyl (C=O) groups excluding carboxylic acids is 1. The zero-order valence-corrected chi connectivity index (χ0v) is 16.4. The lowest BCUT2D eigenvalue weighted by Crippen LogP contribution is -2.32. The van der Waals surface area contributed by atoms with Crippen LogP contribution in [0.15, 0.2) is 42.5 Å². The fourth-order valence-corrected chi connectivity index (χ4v) is 3.50. The molecular formula is C20H21Cl2N3O. The molecule has 0 N–H and O–H groups in total. The molecule has 0 aliphatic carbocycles. The molecule has 1 amide bonds. The van der Waals surface area contributed by atoms with Crippen LogP contribution in [-0.2, 0) is 13.1 Å². The van der Waals surface area contributed by atoms with Gasteiger partial charge in [-0.25, -0.2) is 4.98 Å². The first kappa shape index (κ1) is 18.7. The molecule has 3 aromatic rings. The fraction of sp³-hybridized carbons (Fsp3) is 0.300. The highest BCUT2D eigenvalue weighted by atomic mass is 35.5. The Kier molecular flexibility index (Phi) is 5.84. The summed E-state index contributed by atoms with van der Waals surface area (Å²) in [5, 5.41) is 1.14. The van der Waals surface area contributed by atoms with E-state index in [1.165, 1.54) is 0 Å². The van der Waals surface area contributed by atoms with Crippen LogP contribution in [0, 0.1) is 0 Å². The van der Waals surface area contributed by atoms with E-state index in [9.17, 15) is 4.79 Å². The van der Waals surface area contributed by atoms with Gasteiger partial charge in [0, 0.05) is 18.1 Å². The molecular weight excluding hydrogens is 369 g/mol. The summed E-state index contributed by atoms with van der Waals surface area (Å²) in [5.74, 6) is 0.767. The maximum absolute atomic E-state index is 13.0. The molecule has 26 heavy (non-hydrogen) atoms. The number of aromatic nitrogens is 2. The molecule has 0 atom stereocenters. The monoisotopic (exact) mass is 389 g/mol. The van der Waals surface area contributed by atoms with Gasteiger partial charge in [-0.05, 0) is 43.7 Å². The number of halogens is 2. The first-order valence-electron chi connectivity index (χ1n) is 8.73. The van der Waals surface area contributed by atoms with Gasteiger partial charge in [0.05, 0.1) is 28.2 Å². The van der Waals surface area contributed by atoms with Crippen molar-refractivity contribution in [3.05, 3.63) is 63.9 Å². The molecule has 0 unspecified atom stereocenters. The lowest BCUT2D eigenvalue weighted by Gasteiger charge is -2.23. The summed E-state index contributed by atoms with van der Waals surface area (Å²) in [6.45, 7) is 5.93. The Morgan fingerprint density at radius 2 is 1.92 bits per heavy atom. The van der Waals surface area contributed by atoms with Gasteiger partial charge in [-0.15, -0.1) is 0 Å². The molecule has 0 saturated heterocycles. The summed E-state index contributed by atoms with van der Waals surface area (Å²) in [7, 11) is 0. The van der Waals surface area contributed by atoms with Crippen LogP contribution >= 0.6 is 23.2 Å². The van der Waals surface area contributed by atoms with Crippen molar-refractivity contribution in [2.75, 3.05) is 6.54 Å². The van der Waals surface area contributed by atoms with E-state index in [-0.39, 0.29) is 5.91 Å². The van der Waals surface area contributed by atoms with Gasteiger partial charge < -0.3 is 9.47 Å². The predicted molar refractivity (Wildman–Crippen MR) is 107 cm³/mol. The van der Waals surface area contributed by atoms with E-state index in [4.69, 9.17) is 28.2 Å². The van der Waals surface area contributed by atoms with Crippen LogP contribution in [0.2, 0.25) is 10.0 Å². The van der Waals surface area contributed by atoms with Crippen LogP contribution in [0.3, 0.4) is 0 Å². The van der Waals surface area contributed by atoms with Crippen molar-refractivity contribution in [1.29, 1.82) is 0 Å². The Balaban J connectivity index is 1.97. The summed E-state index contributed by atoms with van der Waals surface area (Å²) in [6.07, 6.45) is 0.856. The van der Waals surface area contributed by atoms with E-state index >= 15 is 0 Å². The Hall–Kier alpha value is -2.04. The number of benzene rings is 2. The minimum Gasteiger partial charge on any atom is -0.331 e. The second-order valence-corrected chi connectivity index (χ2v) is 6.96. The number of aryl methyl sites for hydroxylation is 1. The molecule has 1 aromatic heterocycles. The average molecular weight is 390 g/mol. The molecule has 4 nitrogen and oxygen atoms in total. The molecule has 3 rings (SSSR count). The first-order chi connectivity index (χ1) is 12.5. The van der Waals surface area contributed by atoms with Crippen molar-refractivity contribution in [2.24, 2.45) is 0 Å². The lowest BCUT2D eigenvalue weighted by molar-refractivity contribution is 0.0737. The predicted octanol–water partition coefficient (Wildman–Crippen LogP) is 5.42. The van der Waals surface area contributed by atoms with Crippen molar-refractivity contribution >= 4 is 40.1 Å². The van der Waals surface area contributed by atoms with Crippen LogP contribution < -0.4 is 0 Å². The summed E-state index contributed by atoms with van der Waals surface area (Å²) >= 11 is 12.4. The van der Waals surface area contributed by atoms with Gasteiger partial charge in [-0.1, -0.05) is 42.3 Å². The van der Waals surface area contributed by atoms with E-state index in [1.54, 1.807) is 17.0 Å². The highest BCUT2D eigenvalue weighted by Gasteiger charge is 2.20. The number of hydrogen-bond donors (Lipinski definition) is 0. The second-order valence-electron chi connectivity index (χ2n) is 6.11. The molecule has 136 valence electrons. The van der Waals surface area contributed by atoms with Crippen molar-refractivity contribution in [3.63, 3.8) is 0 Å². The lowest BCUT2D eigenvalue weighted by atomic mass is 10.2. The molecule has 0 spiro atoms. The largest absolute Gasteiger partial charge is 0.331 e. The highest BCUT2D eigenvalue weighted by Crippen LogP contribution is 2.23. The summed E-state index contributed by atoms with van der Waals surface area (Å²) in [5.41, 5.74) is 2.38. The van der Waals surface area contributed by atoms with Crippen LogP contribution in [0.4, 0.5) is 0 Å². The van der Waals surface area contributed by atoms with Gasteiger partial charge in [0.2, 0.25) is 0 Å². The van der Waals surface area contributed by atoms with Gasteiger partial charge in [-0.3, -0.25) is 4.79 Å². The molecule has 0 aliphatic rings. The topological polar surface area (TPSA) is 38.1 Å². The summed E-state index contributed by atoms with van der Waals surface area (Å²) < 4.78 is 2.10. The molecule has 2 aromatic carbocycles. The average Bonchev–Trinajstić information content (AvgIpc) is 2.97. The summed E-state index contributed by atoms with van der Waals surface area (Å²) in [4.78, 5) is 19.5. The van der Waals surface area contributed by atoms with Crippen molar-refractivity contribution in [1.82, 2.24) is 14.5 Å². The second kappa shape index (κ2) is 8.11. The van der Waals surface area contributed by atoms with E-state index in [0.717, 1.165) is 29.8 Å². The smallest absolute Gasteiger partial charge is 0.255 e. The van der Waals surface area contributed by atoms with Gasteiger partial charge in [-0.2, -0.15) is 0 Å². The van der Waals surface area contributed by atoms with Crippen LogP contribution in [-0.4, -0.2) is 26.9 Å². The van der Waals surface area contributed by atoms with Crippen molar-refractivity contribution < 1.29 is 4.79 Å². The van der Waals surface area contributed by atoms with Crippen LogP contribution in [0.25, 0.3) is 11.0 Å². The van der Waals surface area contributed by atoms with Gasteiger partial charge in [0.1, 0.15) is 5.82 Å². The minimum atomic E-state index is -0.0785. The van der Waals surface area contributed by atoms with Gasteiger partial charge in [0.25, 0.3) is 5.91 Å². The molecule has 0 aliphatic heterocycles. The van der Waals surface area contributed by atoms with Gasteiger partial charge in [0.15, 0.2) is 0 Å². The third-order valence-corrected chi connectivity index (χ3v) is 4.89. The van der Waals surface area contributed by atoms with Crippen LogP contribution in [0.1, 0.15) is 36.5 Å². The van der Waals surface area contributed by atoms with Crippen LogP contribution in [0.5, 0.6) is 0 Å². The SMILES string of the molecule is CCCN(Cc1nc2ccc(Cl)cc2n1CC)C(=O)c1ccccc1Cl. The van der Waals surface area contributed by atoms with E-state index in [1.807, 2.05) is 30.3 Å². The standard InChI is InChI=1S/C20H21Cl2N3O/c1-3-11-24(20(26)15-7-5-6-8-16(15)22)13-19-23-17-10-9-14(21)12-18(17)25(19)4-2/h5-10,12H,3-4,11,13H2,1-2H3. The maximum Gasteiger partial charge on any atom is 0.255 e. The number of amides is 1. The van der Waals surface area contributed by atoms with Gasteiger partial charge >= 0.3 is 0 Å². The van der Waals surface area contributed by atoms with Crippen molar-refractivity contribution in [2.45, 2.75) is 33.4 Å². The Morgan fingerprint density at radius 1 is 1.15 bits per heavy atom. The zero-order valence-electron chi connectivity index (χ0n) is 14.9. The third kappa shape index (κ3) is 3.71. The quantitative estimate of drug-likeness (QED) is 0.564. The number of rotatable bonds is 6. The Bertz CT molecular complexity index is 936. The van der Waals surface area contributed by atoms with E-state index in [0.29, 0.717) is 28.7 Å². The first-order valence-corrected chi connectivity index (χ1v) is 9.49. The molecule has 0 fully saturated rings. The molecule has 0 saturated carbocycles. The number of fused-ring (bicyclic) bond motifs is 1. The molecule has 1 heterocycles. The summed E-state index contributed by atoms with van der Waals surface area (Å²) in [6, 6.07) is 12.8. The zero-order chi connectivity index (χ0) is 18.7. The van der Waals surface area contributed by atoms with E-state index in [2.05, 4.69) is 18.4 Å². The normalized spacial score (nSPS) is 11.1. The van der Waals surface area contributed by atoms with E-state index < -0.39 is 0 Å².